The Kier molecular flexibility index (Phi) is 5.84. The topological polar surface area (TPSA) is 80.5 Å². The van der Waals surface area contributed by atoms with Gasteiger partial charge in [0.25, 0.3) is 0 Å². The van der Waals surface area contributed by atoms with Crippen LogP contribution in [0, 0.1) is 0 Å². The largest absolute Gasteiger partial charge is 0.324 e. The zero-order valence-electron chi connectivity index (χ0n) is 7.75. The van der Waals surface area contributed by atoms with Crippen LogP contribution in [0.4, 0.5) is 0 Å². The van der Waals surface area contributed by atoms with Crippen molar-refractivity contribution in [2.45, 2.75) is 6.54 Å². The summed E-state index contributed by atoms with van der Waals surface area (Å²) in [5.41, 5.74) is 6.28. The number of aromatic amines is 1. The van der Waals surface area contributed by atoms with Crippen LogP contribution in [-0.2, 0) is 6.54 Å². The predicted octanol–water partition coefficient (Wildman–Crippen LogP) is 1.17. The van der Waals surface area contributed by atoms with E-state index >= 15 is 0 Å². The van der Waals surface area contributed by atoms with Gasteiger partial charge in [-0.05, 0) is 12.1 Å². The maximum absolute atomic E-state index is 5.39. The van der Waals surface area contributed by atoms with Gasteiger partial charge < -0.3 is 5.73 Å². The highest BCUT2D eigenvalue weighted by molar-refractivity contribution is 5.85. The van der Waals surface area contributed by atoms with Gasteiger partial charge in [0.1, 0.15) is 5.82 Å². The zero-order chi connectivity index (χ0) is 9.10. The first-order valence-electron chi connectivity index (χ1n) is 3.92. The quantitative estimate of drug-likeness (QED) is 0.835. The van der Waals surface area contributed by atoms with Crippen LogP contribution >= 0.6 is 24.8 Å². The molecule has 0 atom stereocenters. The molecule has 0 bridgehead atoms. The van der Waals surface area contributed by atoms with Gasteiger partial charge in [-0.3, -0.25) is 10.1 Å². The molecule has 5 nitrogen and oxygen atoms in total. The van der Waals surface area contributed by atoms with E-state index in [0.717, 1.165) is 5.56 Å². The Balaban J connectivity index is 0.000000980. The van der Waals surface area contributed by atoms with Crippen LogP contribution in [0.25, 0.3) is 11.4 Å². The van der Waals surface area contributed by atoms with Crippen molar-refractivity contribution in [2.75, 3.05) is 0 Å². The van der Waals surface area contributed by atoms with E-state index in [1.54, 1.807) is 12.4 Å². The molecule has 0 radical (unpaired) electrons. The second kappa shape index (κ2) is 6.34. The summed E-state index contributed by atoms with van der Waals surface area (Å²) in [5, 5.41) is 6.74. The third-order valence-corrected chi connectivity index (χ3v) is 1.64. The lowest BCUT2D eigenvalue weighted by Crippen LogP contribution is -1.97. The fourth-order valence-electron chi connectivity index (χ4n) is 1.01. The molecule has 82 valence electrons. The number of aromatic nitrogens is 4. The number of H-pyrrole nitrogens is 1. The van der Waals surface area contributed by atoms with Crippen molar-refractivity contribution in [3.05, 3.63) is 30.4 Å². The van der Waals surface area contributed by atoms with Crippen LogP contribution in [-0.4, -0.2) is 20.2 Å². The van der Waals surface area contributed by atoms with Gasteiger partial charge in [0.15, 0.2) is 5.82 Å². The third kappa shape index (κ3) is 3.16. The van der Waals surface area contributed by atoms with Gasteiger partial charge in [-0.2, -0.15) is 5.10 Å². The minimum Gasteiger partial charge on any atom is -0.324 e. The average molecular weight is 248 g/mol. The Morgan fingerprint density at radius 3 is 2.67 bits per heavy atom. The van der Waals surface area contributed by atoms with Crippen LogP contribution in [0.5, 0.6) is 0 Å². The molecule has 0 aromatic carbocycles. The minimum absolute atomic E-state index is 0. The number of nitrogens with zero attached hydrogens (tertiary/aromatic N) is 3. The van der Waals surface area contributed by atoms with Crippen LogP contribution in [0.1, 0.15) is 5.82 Å². The molecule has 3 N–H and O–H groups in total. The molecule has 0 amide bonds. The summed E-state index contributed by atoms with van der Waals surface area (Å²) >= 11 is 0. The molecule has 0 aliphatic rings. The van der Waals surface area contributed by atoms with Crippen molar-refractivity contribution in [3.8, 4) is 11.4 Å². The van der Waals surface area contributed by atoms with Crippen LogP contribution < -0.4 is 5.73 Å². The van der Waals surface area contributed by atoms with E-state index in [2.05, 4.69) is 20.2 Å². The highest BCUT2D eigenvalue weighted by Gasteiger charge is 2.03. The van der Waals surface area contributed by atoms with Gasteiger partial charge in [0.05, 0.1) is 6.54 Å². The van der Waals surface area contributed by atoms with Crippen molar-refractivity contribution >= 4 is 24.8 Å². The van der Waals surface area contributed by atoms with Gasteiger partial charge in [-0.15, -0.1) is 24.8 Å². The molecule has 2 heterocycles. The number of halogens is 2. The first kappa shape index (κ1) is 13.8. The zero-order valence-corrected chi connectivity index (χ0v) is 9.38. The molecule has 7 heteroatoms. The SMILES string of the molecule is Cl.Cl.NCc1nc(-c2cccnc2)n[nH]1. The second-order valence-corrected chi connectivity index (χ2v) is 2.55. The molecule has 0 aliphatic heterocycles. The van der Waals surface area contributed by atoms with E-state index in [9.17, 15) is 0 Å². The number of rotatable bonds is 2. The van der Waals surface area contributed by atoms with E-state index in [1.807, 2.05) is 12.1 Å². The molecule has 0 saturated carbocycles. The summed E-state index contributed by atoms with van der Waals surface area (Å²) < 4.78 is 0. The average Bonchev–Trinajstić information content (AvgIpc) is 2.67. The fraction of sp³-hybridized carbons (Fsp3) is 0.125. The number of pyridine rings is 1. The number of hydrogen-bond acceptors (Lipinski definition) is 4. The summed E-state index contributed by atoms with van der Waals surface area (Å²) in [5.74, 6) is 1.31. The predicted molar refractivity (Wildman–Crippen MR) is 62.0 cm³/mol. The van der Waals surface area contributed by atoms with Gasteiger partial charge in [-0.25, -0.2) is 4.98 Å². The lowest BCUT2D eigenvalue weighted by atomic mass is 10.3. The minimum atomic E-state index is 0. The number of hydrogen-bond donors (Lipinski definition) is 2. The summed E-state index contributed by atoms with van der Waals surface area (Å²) in [4.78, 5) is 8.14. The van der Waals surface area contributed by atoms with E-state index < -0.39 is 0 Å². The number of nitrogens with one attached hydrogen (secondary N) is 1. The Hall–Kier alpha value is -1.17. The van der Waals surface area contributed by atoms with E-state index in [-0.39, 0.29) is 24.8 Å². The molecule has 0 spiro atoms. The number of nitrogens with two attached hydrogens (primary N) is 1. The second-order valence-electron chi connectivity index (χ2n) is 2.55. The molecule has 0 saturated heterocycles. The third-order valence-electron chi connectivity index (χ3n) is 1.64. The van der Waals surface area contributed by atoms with Gasteiger partial charge in [0.2, 0.25) is 0 Å². The Labute approximate surface area is 99.3 Å². The highest BCUT2D eigenvalue weighted by atomic mass is 35.5. The van der Waals surface area contributed by atoms with Crippen LogP contribution in [0.3, 0.4) is 0 Å². The maximum Gasteiger partial charge on any atom is 0.182 e. The molecule has 2 aromatic rings. The smallest absolute Gasteiger partial charge is 0.182 e. The monoisotopic (exact) mass is 247 g/mol. The summed E-state index contributed by atoms with van der Waals surface area (Å²) in [6.45, 7) is 0.368. The van der Waals surface area contributed by atoms with E-state index in [4.69, 9.17) is 5.73 Å². The van der Waals surface area contributed by atoms with Crippen molar-refractivity contribution in [2.24, 2.45) is 5.73 Å². The van der Waals surface area contributed by atoms with Crippen molar-refractivity contribution in [1.82, 2.24) is 20.2 Å². The van der Waals surface area contributed by atoms with Gasteiger partial charge in [-0.1, -0.05) is 0 Å². The van der Waals surface area contributed by atoms with Crippen molar-refractivity contribution in [3.63, 3.8) is 0 Å². The standard InChI is InChI=1S/C8H9N5.2ClH/c9-4-7-11-8(13-12-7)6-2-1-3-10-5-6;;/h1-3,5H,4,9H2,(H,11,12,13);2*1H. The highest BCUT2D eigenvalue weighted by Crippen LogP contribution is 2.11. The summed E-state index contributed by atoms with van der Waals surface area (Å²) in [6, 6.07) is 3.74. The fourth-order valence-corrected chi connectivity index (χ4v) is 1.01. The van der Waals surface area contributed by atoms with Crippen LogP contribution in [0.2, 0.25) is 0 Å². The molecule has 2 rings (SSSR count). The lowest BCUT2D eigenvalue weighted by molar-refractivity contribution is 0.917. The Bertz CT molecular complexity index is 389. The Morgan fingerprint density at radius 2 is 2.13 bits per heavy atom. The molecule has 0 aliphatic carbocycles. The molecular formula is C8H11Cl2N5. The molecule has 0 unspecified atom stereocenters. The van der Waals surface area contributed by atoms with Crippen molar-refractivity contribution in [1.29, 1.82) is 0 Å². The van der Waals surface area contributed by atoms with Gasteiger partial charge in [0, 0.05) is 18.0 Å². The van der Waals surface area contributed by atoms with Crippen molar-refractivity contribution < 1.29 is 0 Å². The first-order valence-corrected chi connectivity index (χ1v) is 3.92. The first-order chi connectivity index (χ1) is 6.40. The van der Waals surface area contributed by atoms with Crippen LogP contribution in [0.15, 0.2) is 24.5 Å². The maximum atomic E-state index is 5.39. The Morgan fingerprint density at radius 1 is 1.33 bits per heavy atom. The lowest BCUT2D eigenvalue weighted by Gasteiger charge is -1.90. The molecule has 15 heavy (non-hydrogen) atoms. The summed E-state index contributed by atoms with van der Waals surface area (Å²) in [7, 11) is 0. The van der Waals surface area contributed by atoms with E-state index in [1.165, 1.54) is 0 Å². The molecule has 0 fully saturated rings. The molecular weight excluding hydrogens is 237 g/mol. The molecule has 2 aromatic heterocycles. The van der Waals surface area contributed by atoms with E-state index in [0.29, 0.717) is 18.2 Å². The summed E-state index contributed by atoms with van der Waals surface area (Å²) in [6.07, 6.45) is 3.42. The van der Waals surface area contributed by atoms with Gasteiger partial charge >= 0.3 is 0 Å². The normalized spacial score (nSPS) is 8.87.